The smallest absolute Gasteiger partial charge is 0.329 e. The number of hydrogen-bond donors (Lipinski definition) is 3. The van der Waals surface area contributed by atoms with Crippen molar-refractivity contribution in [2.75, 3.05) is 27.9 Å². The van der Waals surface area contributed by atoms with Gasteiger partial charge in [0, 0.05) is 46.1 Å². The molecule has 0 aromatic carbocycles. The molecule has 3 fully saturated rings. The van der Waals surface area contributed by atoms with Crippen LogP contribution in [0.5, 0.6) is 0 Å². The van der Waals surface area contributed by atoms with Crippen molar-refractivity contribution in [3.8, 4) is 0 Å². The van der Waals surface area contributed by atoms with Crippen molar-refractivity contribution in [3.05, 3.63) is 47.6 Å². The second-order valence-corrected chi connectivity index (χ2v) is 19.7. The first-order valence-corrected chi connectivity index (χ1v) is 24.0. The standard InChI is InChI=1S/C51H81NO12/c1-31-16-12-11-13-17-33(3)43(60-8)30-39-22-20-34(4)48(56)51(59,64-39)50(58)52-25-15-14-18-40(52)49(57)63-42(35(5)28-38-21-23-41(53)44(29-38)61-9)24-19-32(2)27-37(7)46(55)47(62-10)45(54)36(6)26-31/h11-13,16-17,27,31-32,34-36,38-44,46-47,53,55,59H,14-15,18-26,28-30H2,1-10H3/b13-11+,16-12+,33-17?,37-27+/t31-,32+,34-,35-,36-,38+,39+,40+,41-,42+,43+,44-,46-,47+,51?/m1/s1. The number of piperidine rings is 1. The summed E-state index contributed by atoms with van der Waals surface area (Å²) in [5.74, 6) is -6.14. The Balaban J connectivity index is 1.71. The number of rotatable bonds is 6. The summed E-state index contributed by atoms with van der Waals surface area (Å²) in [7, 11) is 4.64. The lowest BCUT2D eigenvalue weighted by Crippen LogP contribution is -2.62. The largest absolute Gasteiger partial charge is 0.461 e. The number of aliphatic hydroxyl groups excluding tert-OH is 2. The topological polar surface area (TPSA) is 178 Å². The number of aliphatic hydroxyl groups is 3. The van der Waals surface area contributed by atoms with Gasteiger partial charge in [-0.25, -0.2) is 4.79 Å². The number of ketones is 2. The highest BCUT2D eigenvalue weighted by Gasteiger charge is 2.55. The highest BCUT2D eigenvalue weighted by molar-refractivity contribution is 6.09. The third kappa shape index (κ3) is 14.2. The van der Waals surface area contributed by atoms with Crippen LogP contribution in [-0.4, -0.2) is 126 Å². The zero-order valence-corrected chi connectivity index (χ0v) is 40.4. The molecule has 0 aromatic heterocycles. The average molecular weight is 900 g/mol. The number of amides is 1. The Morgan fingerprint density at radius 1 is 0.797 bits per heavy atom. The van der Waals surface area contributed by atoms with Crippen LogP contribution in [0.4, 0.5) is 0 Å². The maximum absolute atomic E-state index is 14.6. The third-order valence-corrected chi connectivity index (χ3v) is 14.4. The second kappa shape index (κ2) is 25.2. The fourth-order valence-corrected chi connectivity index (χ4v) is 10.3. The molecule has 3 aliphatic heterocycles. The number of Topliss-reactive ketones (excluding diaryl/α,β-unsaturated/α-hetero) is 2. The van der Waals surface area contributed by atoms with E-state index in [0.29, 0.717) is 69.8 Å². The number of cyclic esters (lactones) is 1. The molecule has 2 bridgehead atoms. The van der Waals surface area contributed by atoms with Gasteiger partial charge < -0.3 is 43.9 Å². The van der Waals surface area contributed by atoms with Crippen molar-refractivity contribution in [2.24, 2.45) is 35.5 Å². The molecule has 13 heteroatoms. The highest BCUT2D eigenvalue weighted by Crippen LogP contribution is 2.36. The molecule has 15 atom stereocenters. The van der Waals surface area contributed by atoms with Crippen LogP contribution in [0.3, 0.4) is 0 Å². The van der Waals surface area contributed by atoms with Gasteiger partial charge in [-0.15, -0.1) is 0 Å². The summed E-state index contributed by atoms with van der Waals surface area (Å²) in [5, 5.41) is 34.1. The predicted molar refractivity (Wildman–Crippen MR) is 245 cm³/mol. The molecule has 64 heavy (non-hydrogen) atoms. The van der Waals surface area contributed by atoms with Gasteiger partial charge in [0.25, 0.3) is 5.91 Å². The molecule has 0 spiro atoms. The molecule has 4 rings (SSSR count). The monoisotopic (exact) mass is 900 g/mol. The van der Waals surface area contributed by atoms with Crippen LogP contribution >= 0.6 is 0 Å². The van der Waals surface area contributed by atoms with Crippen molar-refractivity contribution in [3.63, 3.8) is 0 Å². The van der Waals surface area contributed by atoms with Crippen LogP contribution < -0.4 is 0 Å². The summed E-state index contributed by atoms with van der Waals surface area (Å²) < 4.78 is 29.8. The van der Waals surface area contributed by atoms with E-state index in [1.54, 1.807) is 28.1 Å². The van der Waals surface area contributed by atoms with Gasteiger partial charge in [0.1, 0.15) is 24.4 Å². The quantitative estimate of drug-likeness (QED) is 0.142. The van der Waals surface area contributed by atoms with Crippen molar-refractivity contribution >= 4 is 23.4 Å². The summed E-state index contributed by atoms with van der Waals surface area (Å²) in [6, 6.07) is -1.04. The fraction of sp³-hybridized carbons (Fsp3) is 0.765. The molecule has 1 saturated carbocycles. The molecule has 1 aliphatic carbocycles. The predicted octanol–water partition coefficient (Wildman–Crippen LogP) is 7.00. The summed E-state index contributed by atoms with van der Waals surface area (Å²) in [6.45, 7) is 13.5. The van der Waals surface area contributed by atoms with Gasteiger partial charge in [-0.2, -0.15) is 0 Å². The number of hydrogen-bond acceptors (Lipinski definition) is 12. The van der Waals surface area contributed by atoms with Gasteiger partial charge in [0.05, 0.1) is 24.4 Å². The van der Waals surface area contributed by atoms with Gasteiger partial charge in [-0.3, -0.25) is 14.4 Å². The minimum atomic E-state index is -2.79. The molecular weight excluding hydrogens is 819 g/mol. The zero-order valence-electron chi connectivity index (χ0n) is 40.4. The van der Waals surface area contributed by atoms with Gasteiger partial charge in [0.15, 0.2) is 5.78 Å². The maximum Gasteiger partial charge on any atom is 0.329 e. The number of allylic oxidation sites excluding steroid dienone is 6. The molecule has 3 N–H and O–H groups in total. The Morgan fingerprint density at radius 2 is 1.53 bits per heavy atom. The van der Waals surface area contributed by atoms with E-state index in [4.69, 9.17) is 23.7 Å². The van der Waals surface area contributed by atoms with Crippen LogP contribution in [-0.2, 0) is 42.9 Å². The molecule has 362 valence electrons. The second-order valence-electron chi connectivity index (χ2n) is 19.7. The van der Waals surface area contributed by atoms with E-state index < -0.39 is 72.0 Å². The normalized spacial score (nSPS) is 40.0. The minimum Gasteiger partial charge on any atom is -0.461 e. The molecule has 13 nitrogen and oxygen atoms in total. The zero-order chi connectivity index (χ0) is 47.3. The number of carbonyl (C=O) groups excluding carboxylic acids is 4. The van der Waals surface area contributed by atoms with Gasteiger partial charge >= 0.3 is 11.8 Å². The Kier molecular flexibility index (Phi) is 21.1. The summed E-state index contributed by atoms with van der Waals surface area (Å²) >= 11 is 0. The van der Waals surface area contributed by atoms with Crippen LogP contribution in [0.15, 0.2) is 47.6 Å². The maximum atomic E-state index is 14.6. The van der Waals surface area contributed by atoms with E-state index >= 15 is 0 Å². The van der Waals surface area contributed by atoms with Gasteiger partial charge in [-0.1, -0.05) is 71.1 Å². The SMILES string of the molecule is CO[C@H]1C[C@@H]2CC[C@@H](C)C(=O)C(O)(O2)C(=O)N2CCCC[C@H]2C(=O)O[C@H]([C@H](C)C[C@@H]2CC[C@@H](O)[C@H](OC)C2)CC[C@H](C)/C=C(\C)[C@@H](O)[C@@H](OC)C(=O)[C@H](C)C[C@H](C)/C=C/C=C/C=C1C. The fourth-order valence-electron chi connectivity index (χ4n) is 10.3. The van der Waals surface area contributed by atoms with Gasteiger partial charge in [-0.05, 0) is 126 Å². The number of methoxy groups -OCH3 is 3. The van der Waals surface area contributed by atoms with Crippen molar-refractivity contribution in [1.29, 1.82) is 0 Å². The average Bonchev–Trinajstić information content (AvgIpc) is 3.38. The number of nitrogens with zero attached hydrogens (tertiary/aromatic N) is 1. The summed E-state index contributed by atoms with van der Waals surface area (Å²) in [6.07, 6.45) is 14.0. The van der Waals surface area contributed by atoms with Crippen LogP contribution in [0.2, 0.25) is 0 Å². The van der Waals surface area contributed by atoms with E-state index in [2.05, 4.69) is 6.92 Å². The molecule has 1 unspecified atom stereocenters. The van der Waals surface area contributed by atoms with Crippen molar-refractivity contribution < 1.29 is 58.2 Å². The van der Waals surface area contributed by atoms with Crippen LogP contribution in [0, 0.1) is 35.5 Å². The number of carbonyl (C=O) groups is 4. The molecule has 2 saturated heterocycles. The van der Waals surface area contributed by atoms with E-state index in [0.717, 1.165) is 18.4 Å². The van der Waals surface area contributed by atoms with Crippen LogP contribution in [0.1, 0.15) is 132 Å². The van der Waals surface area contributed by atoms with E-state index in [1.165, 1.54) is 12.0 Å². The molecule has 0 aromatic rings. The van der Waals surface area contributed by atoms with E-state index in [1.807, 2.05) is 64.2 Å². The Labute approximate surface area is 383 Å². The number of fused-ring (bicyclic) bond motifs is 3. The Bertz CT molecular complexity index is 1670. The van der Waals surface area contributed by atoms with Crippen LogP contribution in [0.25, 0.3) is 0 Å². The lowest BCUT2D eigenvalue weighted by molar-refractivity contribution is -0.231. The Morgan fingerprint density at radius 3 is 2.22 bits per heavy atom. The lowest BCUT2D eigenvalue weighted by Gasteiger charge is -2.40. The molecule has 4 aliphatic rings. The molecule has 0 radical (unpaired) electrons. The number of esters is 1. The first-order valence-electron chi connectivity index (χ1n) is 24.0. The minimum absolute atomic E-state index is 0.0632. The third-order valence-electron chi connectivity index (χ3n) is 14.4. The van der Waals surface area contributed by atoms with Crippen molar-refractivity contribution in [2.45, 2.75) is 186 Å². The summed E-state index contributed by atoms with van der Waals surface area (Å²) in [5.41, 5.74) is 1.49. The highest BCUT2D eigenvalue weighted by atomic mass is 16.6. The number of ether oxygens (including phenoxy) is 5. The summed E-state index contributed by atoms with van der Waals surface area (Å²) in [4.78, 5) is 58.0. The van der Waals surface area contributed by atoms with Crippen molar-refractivity contribution in [1.82, 2.24) is 4.90 Å². The molecule has 3 heterocycles. The Hall–Kier alpha value is -3.04. The lowest BCUT2D eigenvalue weighted by atomic mass is 9.78. The van der Waals surface area contributed by atoms with Gasteiger partial charge in [0.2, 0.25) is 5.78 Å². The first kappa shape index (κ1) is 53.6. The van der Waals surface area contributed by atoms with E-state index in [-0.39, 0.29) is 54.4 Å². The molecule has 1 amide bonds. The molecular formula is C51H81NO12. The van der Waals surface area contributed by atoms with E-state index in [9.17, 15) is 34.5 Å². The first-order chi connectivity index (χ1) is 30.3.